The molecular formula is C18H23F3N2O3S. The molecule has 0 unspecified atom stereocenters. The number of hydrogen-bond acceptors (Lipinski definition) is 3. The maximum atomic E-state index is 12.9. The van der Waals surface area contributed by atoms with E-state index in [0.29, 0.717) is 13.1 Å². The van der Waals surface area contributed by atoms with Gasteiger partial charge in [-0.1, -0.05) is 0 Å². The van der Waals surface area contributed by atoms with Crippen molar-refractivity contribution in [2.24, 2.45) is 5.92 Å². The summed E-state index contributed by atoms with van der Waals surface area (Å²) in [7, 11) is -3.62. The number of carbonyl (C=O) groups excluding carboxylic acids is 1. The van der Waals surface area contributed by atoms with E-state index in [2.05, 4.69) is 0 Å². The molecule has 9 heteroatoms. The molecule has 1 aliphatic carbocycles. The molecule has 0 bridgehead atoms. The van der Waals surface area contributed by atoms with Crippen molar-refractivity contribution in [3.05, 3.63) is 29.8 Å². The zero-order valence-electron chi connectivity index (χ0n) is 15.1. The lowest BCUT2D eigenvalue weighted by Gasteiger charge is -2.30. The Labute approximate surface area is 157 Å². The normalized spacial score (nSPS) is 19.9. The van der Waals surface area contributed by atoms with Crippen LogP contribution < -0.4 is 0 Å². The smallest absolute Gasteiger partial charge is 0.327 e. The van der Waals surface area contributed by atoms with Crippen LogP contribution in [-0.4, -0.2) is 55.4 Å². The molecule has 1 heterocycles. The third-order valence-corrected chi connectivity index (χ3v) is 7.12. The van der Waals surface area contributed by atoms with E-state index in [-0.39, 0.29) is 16.4 Å². The largest absolute Gasteiger partial charge is 0.406 e. The first-order valence-electron chi connectivity index (χ1n) is 9.07. The predicted molar refractivity (Wildman–Crippen MR) is 93.7 cm³/mol. The molecule has 2 aliphatic rings. The van der Waals surface area contributed by atoms with Crippen LogP contribution in [0.4, 0.5) is 13.2 Å². The maximum absolute atomic E-state index is 12.9. The summed E-state index contributed by atoms with van der Waals surface area (Å²) in [4.78, 5) is 13.6. The summed E-state index contributed by atoms with van der Waals surface area (Å²) in [6.45, 7) is 1.24. The maximum Gasteiger partial charge on any atom is 0.406 e. The van der Waals surface area contributed by atoms with E-state index in [0.717, 1.165) is 30.6 Å². The van der Waals surface area contributed by atoms with Crippen molar-refractivity contribution in [3.8, 4) is 0 Å². The third kappa shape index (κ3) is 4.63. The Morgan fingerprint density at radius 1 is 1.19 bits per heavy atom. The average molecular weight is 404 g/mol. The number of alkyl halides is 3. The summed E-state index contributed by atoms with van der Waals surface area (Å²) in [5.74, 6) is -0.636. The fourth-order valence-electron chi connectivity index (χ4n) is 3.44. The van der Waals surface area contributed by atoms with Crippen molar-refractivity contribution in [2.45, 2.75) is 49.7 Å². The molecule has 1 aromatic rings. The quantitative estimate of drug-likeness (QED) is 0.731. The Morgan fingerprint density at radius 2 is 1.74 bits per heavy atom. The number of amides is 1. The van der Waals surface area contributed by atoms with Gasteiger partial charge in [0.1, 0.15) is 6.54 Å². The monoisotopic (exact) mass is 404 g/mol. The van der Waals surface area contributed by atoms with Crippen LogP contribution in [0.3, 0.4) is 0 Å². The summed E-state index contributed by atoms with van der Waals surface area (Å²) in [6.07, 6.45) is -1.24. The Balaban J connectivity index is 1.80. The van der Waals surface area contributed by atoms with E-state index in [1.807, 2.05) is 0 Å². The molecule has 1 aromatic carbocycles. The van der Waals surface area contributed by atoms with E-state index in [4.69, 9.17) is 0 Å². The van der Waals surface area contributed by atoms with Crippen LogP contribution in [0.2, 0.25) is 0 Å². The summed E-state index contributed by atoms with van der Waals surface area (Å²) in [5.41, 5.74) is 0.0621. The number of carbonyl (C=O) groups is 1. The highest BCUT2D eigenvalue weighted by Gasteiger charge is 2.40. The Bertz CT molecular complexity index is 783. The van der Waals surface area contributed by atoms with E-state index >= 15 is 0 Å². The molecule has 3 rings (SSSR count). The zero-order chi connectivity index (χ0) is 19.8. The average Bonchev–Trinajstić information content (AvgIpc) is 3.31. The lowest BCUT2D eigenvalue weighted by atomic mass is 10.1. The molecule has 0 N–H and O–H groups in total. The van der Waals surface area contributed by atoms with Crippen LogP contribution in [0, 0.1) is 5.92 Å². The molecule has 150 valence electrons. The fourth-order valence-corrected chi connectivity index (χ4v) is 4.96. The van der Waals surface area contributed by atoms with E-state index in [9.17, 15) is 26.4 Å². The van der Waals surface area contributed by atoms with Crippen molar-refractivity contribution < 1.29 is 26.4 Å². The summed E-state index contributed by atoms with van der Waals surface area (Å²) in [5, 5.41) is 0. The number of benzene rings is 1. The van der Waals surface area contributed by atoms with Gasteiger partial charge in [0, 0.05) is 24.7 Å². The van der Waals surface area contributed by atoms with Gasteiger partial charge in [-0.05, 0) is 62.8 Å². The summed E-state index contributed by atoms with van der Waals surface area (Å²) in [6, 6.07) is 4.69. The van der Waals surface area contributed by atoms with Gasteiger partial charge in [0.15, 0.2) is 0 Å². The molecule has 1 saturated carbocycles. The number of rotatable bonds is 6. The highest BCUT2D eigenvalue weighted by molar-refractivity contribution is 7.89. The molecule has 0 spiro atoms. The number of sulfonamides is 1. The molecular weight excluding hydrogens is 381 g/mol. The Kier molecular flexibility index (Phi) is 5.54. The number of halogens is 3. The molecule has 1 aliphatic heterocycles. The minimum atomic E-state index is -4.49. The molecule has 27 heavy (non-hydrogen) atoms. The van der Waals surface area contributed by atoms with Crippen LogP contribution in [0.15, 0.2) is 29.2 Å². The van der Waals surface area contributed by atoms with Gasteiger partial charge in [-0.25, -0.2) is 8.42 Å². The van der Waals surface area contributed by atoms with Crippen molar-refractivity contribution in [1.82, 2.24) is 9.21 Å². The first-order chi connectivity index (χ1) is 12.6. The Hall–Kier alpha value is -1.61. The molecule has 1 atom stereocenters. The van der Waals surface area contributed by atoms with E-state index < -0.39 is 34.7 Å². The fraction of sp³-hybridized carbons (Fsp3) is 0.611. The van der Waals surface area contributed by atoms with Crippen LogP contribution in [0.1, 0.15) is 43.0 Å². The standard InChI is InChI=1S/C18H23F3N2O3S/c1-13(14-4-5-14)23(12-18(19,20)21)17(24)15-6-8-16(9-7-15)27(25,26)22-10-2-3-11-22/h6-9,13-14H,2-5,10-12H2,1H3/t13-/m1/s1. The van der Waals surface area contributed by atoms with Crippen molar-refractivity contribution in [1.29, 1.82) is 0 Å². The third-order valence-electron chi connectivity index (χ3n) is 5.21. The first-order valence-corrected chi connectivity index (χ1v) is 10.5. The number of nitrogens with zero attached hydrogens (tertiary/aromatic N) is 2. The van der Waals surface area contributed by atoms with Crippen molar-refractivity contribution in [2.75, 3.05) is 19.6 Å². The minimum absolute atomic E-state index is 0.0542. The van der Waals surface area contributed by atoms with Crippen LogP contribution in [-0.2, 0) is 10.0 Å². The van der Waals surface area contributed by atoms with Gasteiger partial charge in [-0.3, -0.25) is 4.79 Å². The van der Waals surface area contributed by atoms with Crippen LogP contribution in [0.5, 0.6) is 0 Å². The summed E-state index contributed by atoms with van der Waals surface area (Å²) >= 11 is 0. The van der Waals surface area contributed by atoms with Gasteiger partial charge in [-0.2, -0.15) is 17.5 Å². The molecule has 0 radical (unpaired) electrons. The zero-order valence-corrected chi connectivity index (χ0v) is 15.9. The van der Waals surface area contributed by atoms with Gasteiger partial charge in [0.05, 0.1) is 4.90 Å². The van der Waals surface area contributed by atoms with Gasteiger partial charge in [0.2, 0.25) is 10.0 Å². The Morgan fingerprint density at radius 3 is 2.22 bits per heavy atom. The molecule has 1 saturated heterocycles. The topological polar surface area (TPSA) is 57.7 Å². The van der Waals surface area contributed by atoms with Crippen LogP contribution in [0.25, 0.3) is 0 Å². The number of hydrogen-bond donors (Lipinski definition) is 0. The van der Waals surface area contributed by atoms with Gasteiger partial charge < -0.3 is 4.90 Å². The van der Waals surface area contributed by atoms with Gasteiger partial charge in [0.25, 0.3) is 5.91 Å². The molecule has 0 aromatic heterocycles. The highest BCUT2D eigenvalue weighted by Crippen LogP contribution is 2.36. The molecule has 1 amide bonds. The second-order valence-electron chi connectivity index (χ2n) is 7.26. The summed E-state index contributed by atoms with van der Waals surface area (Å²) < 4.78 is 65.3. The lowest BCUT2D eigenvalue weighted by Crippen LogP contribution is -2.45. The van der Waals surface area contributed by atoms with Crippen LogP contribution >= 0.6 is 0 Å². The molecule has 2 fully saturated rings. The molecule has 5 nitrogen and oxygen atoms in total. The van der Waals surface area contributed by atoms with E-state index in [1.165, 1.54) is 28.6 Å². The van der Waals surface area contributed by atoms with E-state index in [1.54, 1.807) is 6.92 Å². The second-order valence-corrected chi connectivity index (χ2v) is 9.20. The minimum Gasteiger partial charge on any atom is -0.327 e. The SMILES string of the molecule is C[C@H](C1CC1)N(CC(F)(F)F)C(=O)c1ccc(S(=O)(=O)N2CCCC2)cc1. The lowest BCUT2D eigenvalue weighted by molar-refractivity contribution is -0.144. The van der Waals surface area contributed by atoms with Gasteiger partial charge >= 0.3 is 6.18 Å². The second kappa shape index (κ2) is 7.43. The van der Waals surface area contributed by atoms with Crippen molar-refractivity contribution >= 4 is 15.9 Å². The highest BCUT2D eigenvalue weighted by atomic mass is 32.2. The first kappa shape index (κ1) is 20.1. The predicted octanol–water partition coefficient (Wildman–Crippen LogP) is 3.27. The van der Waals surface area contributed by atoms with Gasteiger partial charge in [-0.15, -0.1) is 0 Å². The van der Waals surface area contributed by atoms with Crippen molar-refractivity contribution in [3.63, 3.8) is 0 Å².